The first-order chi connectivity index (χ1) is 13.1. The summed E-state index contributed by atoms with van der Waals surface area (Å²) >= 11 is 0. The predicted molar refractivity (Wildman–Crippen MR) is 97.7 cm³/mol. The van der Waals surface area contributed by atoms with E-state index in [4.69, 9.17) is 0 Å². The molecule has 1 aliphatic carbocycles. The maximum Gasteiger partial charge on any atom is 0.255 e. The molecule has 3 amide bonds. The number of carbonyl (C=O) groups is 3. The minimum absolute atomic E-state index is 0.113. The average molecular weight is 368 g/mol. The lowest BCUT2D eigenvalue weighted by molar-refractivity contribution is -0.136. The van der Waals surface area contributed by atoms with Gasteiger partial charge in [0.1, 0.15) is 6.04 Å². The van der Waals surface area contributed by atoms with Crippen LogP contribution in [-0.2, 0) is 22.7 Å². The minimum atomic E-state index is -0.551. The molecule has 7 nitrogen and oxygen atoms in total. The number of benzene rings is 1. The zero-order chi connectivity index (χ0) is 18.6. The fraction of sp³-hybridized carbons (Fsp3) is 0.550. The van der Waals surface area contributed by atoms with Gasteiger partial charge in [0.05, 0.1) is 0 Å². The third-order valence-corrected chi connectivity index (χ3v) is 6.60. The zero-order valence-electron chi connectivity index (χ0n) is 15.2. The van der Waals surface area contributed by atoms with E-state index >= 15 is 0 Å². The van der Waals surface area contributed by atoms with E-state index in [1.54, 1.807) is 4.90 Å². The third kappa shape index (κ3) is 2.85. The van der Waals surface area contributed by atoms with Crippen LogP contribution in [-0.4, -0.2) is 47.3 Å². The monoisotopic (exact) mass is 368 g/mol. The summed E-state index contributed by atoms with van der Waals surface area (Å²) in [4.78, 5) is 37.8. The number of imide groups is 1. The molecule has 7 heteroatoms. The molecule has 3 N–H and O–H groups in total. The maximum absolute atomic E-state index is 12.7. The molecule has 0 bridgehead atoms. The normalized spacial score (nSPS) is 32.1. The Morgan fingerprint density at radius 3 is 2.96 bits per heavy atom. The molecule has 0 radical (unpaired) electrons. The molecular formula is C20H24N4O3. The van der Waals surface area contributed by atoms with Crippen molar-refractivity contribution in [3.63, 3.8) is 0 Å². The lowest BCUT2D eigenvalue weighted by Gasteiger charge is -2.29. The van der Waals surface area contributed by atoms with E-state index in [1.165, 1.54) is 18.4 Å². The van der Waals surface area contributed by atoms with Gasteiger partial charge in [0.25, 0.3) is 5.91 Å². The van der Waals surface area contributed by atoms with Crippen molar-refractivity contribution in [2.45, 2.75) is 50.4 Å². The first kappa shape index (κ1) is 16.9. The number of nitrogens with one attached hydrogen (secondary N) is 3. The molecule has 3 fully saturated rings. The smallest absolute Gasteiger partial charge is 0.255 e. The second-order valence-corrected chi connectivity index (χ2v) is 8.26. The number of rotatable bonds is 4. The van der Waals surface area contributed by atoms with Crippen molar-refractivity contribution in [1.29, 1.82) is 0 Å². The number of amides is 3. The summed E-state index contributed by atoms with van der Waals surface area (Å²) in [5.74, 6) is 0.00648. The van der Waals surface area contributed by atoms with Crippen LogP contribution in [0.15, 0.2) is 18.2 Å². The molecule has 0 spiro atoms. The topological polar surface area (TPSA) is 90.5 Å². The molecule has 1 aromatic carbocycles. The van der Waals surface area contributed by atoms with E-state index in [-0.39, 0.29) is 24.1 Å². The van der Waals surface area contributed by atoms with Crippen LogP contribution in [0, 0.1) is 5.92 Å². The Labute approximate surface area is 157 Å². The number of carbonyl (C=O) groups excluding carboxylic acids is 3. The summed E-state index contributed by atoms with van der Waals surface area (Å²) in [6.07, 6.45) is 3.09. The maximum atomic E-state index is 12.7. The van der Waals surface area contributed by atoms with Gasteiger partial charge < -0.3 is 15.5 Å². The molecule has 3 heterocycles. The van der Waals surface area contributed by atoms with E-state index in [9.17, 15) is 14.4 Å². The molecule has 3 aliphatic heterocycles. The van der Waals surface area contributed by atoms with Crippen LogP contribution in [0.3, 0.4) is 0 Å². The summed E-state index contributed by atoms with van der Waals surface area (Å²) in [5, 5.41) is 9.52. The van der Waals surface area contributed by atoms with Crippen molar-refractivity contribution in [2.24, 2.45) is 5.92 Å². The highest BCUT2D eigenvalue weighted by Crippen LogP contribution is 2.47. The van der Waals surface area contributed by atoms with Gasteiger partial charge in [-0.2, -0.15) is 0 Å². The van der Waals surface area contributed by atoms with Crippen LogP contribution in [0.5, 0.6) is 0 Å². The Bertz CT molecular complexity index is 839. The van der Waals surface area contributed by atoms with Gasteiger partial charge in [-0.15, -0.1) is 0 Å². The van der Waals surface area contributed by atoms with Crippen LogP contribution in [0.2, 0.25) is 0 Å². The summed E-state index contributed by atoms with van der Waals surface area (Å²) in [6.45, 7) is 3.41. The molecule has 4 aliphatic rings. The highest BCUT2D eigenvalue weighted by atomic mass is 16.2. The first-order valence-electron chi connectivity index (χ1n) is 9.78. The minimum Gasteiger partial charge on any atom is -0.322 e. The van der Waals surface area contributed by atoms with Gasteiger partial charge in [-0.25, -0.2) is 0 Å². The van der Waals surface area contributed by atoms with Crippen LogP contribution in [0.1, 0.15) is 47.2 Å². The second kappa shape index (κ2) is 6.14. The molecule has 27 heavy (non-hydrogen) atoms. The van der Waals surface area contributed by atoms with E-state index in [2.05, 4.69) is 22.0 Å². The van der Waals surface area contributed by atoms with Crippen LogP contribution in [0.25, 0.3) is 0 Å². The lowest BCUT2D eigenvalue weighted by Crippen LogP contribution is -2.52. The van der Waals surface area contributed by atoms with E-state index in [0.717, 1.165) is 31.1 Å². The number of fused-ring (bicyclic) bond motifs is 2. The fourth-order valence-electron chi connectivity index (χ4n) is 4.86. The Balaban J connectivity index is 1.28. The largest absolute Gasteiger partial charge is 0.322 e. The Morgan fingerprint density at radius 1 is 1.26 bits per heavy atom. The second-order valence-electron chi connectivity index (χ2n) is 8.26. The van der Waals surface area contributed by atoms with Gasteiger partial charge in [-0.05, 0) is 55.5 Å². The lowest BCUT2D eigenvalue weighted by atomic mass is 10.0. The van der Waals surface area contributed by atoms with Crippen molar-refractivity contribution in [3.8, 4) is 0 Å². The van der Waals surface area contributed by atoms with E-state index in [0.29, 0.717) is 24.1 Å². The Hall–Kier alpha value is -2.25. The van der Waals surface area contributed by atoms with Gasteiger partial charge in [0.2, 0.25) is 11.8 Å². The Morgan fingerprint density at radius 2 is 2.15 bits per heavy atom. The number of nitrogens with zero attached hydrogens (tertiary/aromatic N) is 1. The molecule has 3 atom stereocenters. The van der Waals surface area contributed by atoms with Gasteiger partial charge in [0.15, 0.2) is 0 Å². The van der Waals surface area contributed by atoms with Crippen LogP contribution < -0.4 is 16.0 Å². The quantitative estimate of drug-likeness (QED) is 0.665. The molecule has 2 saturated heterocycles. The summed E-state index contributed by atoms with van der Waals surface area (Å²) in [7, 11) is 0. The summed E-state index contributed by atoms with van der Waals surface area (Å²) in [5.41, 5.74) is 3.12. The molecule has 3 unspecified atom stereocenters. The van der Waals surface area contributed by atoms with Crippen molar-refractivity contribution in [3.05, 3.63) is 34.9 Å². The highest BCUT2D eigenvalue weighted by Gasteiger charge is 2.54. The van der Waals surface area contributed by atoms with Crippen molar-refractivity contribution >= 4 is 17.7 Å². The number of hydrogen-bond acceptors (Lipinski definition) is 5. The van der Waals surface area contributed by atoms with Crippen molar-refractivity contribution in [1.82, 2.24) is 20.9 Å². The van der Waals surface area contributed by atoms with Gasteiger partial charge in [0, 0.05) is 30.6 Å². The first-order valence-corrected chi connectivity index (χ1v) is 9.78. The number of piperidine rings is 2. The van der Waals surface area contributed by atoms with E-state index < -0.39 is 6.04 Å². The van der Waals surface area contributed by atoms with Crippen LogP contribution >= 0.6 is 0 Å². The SMILES string of the molecule is O=C1CCC(N2Cc3cc(CNC45CCNCC4C5)ccc3C2=O)C(=O)N1. The standard InChI is InChI=1S/C20H24N4O3/c25-17-4-3-16(18(26)23-17)24-11-13-7-12(1-2-15(13)19(24)27)9-22-20-5-6-21-10-14(20)8-20/h1-2,7,14,16,21-22H,3-6,8-11H2,(H,23,25,26). The van der Waals surface area contributed by atoms with Crippen molar-refractivity contribution < 1.29 is 14.4 Å². The molecule has 0 aromatic heterocycles. The Kier molecular flexibility index (Phi) is 3.84. The average Bonchev–Trinajstić information content (AvgIpc) is 3.31. The van der Waals surface area contributed by atoms with Crippen molar-refractivity contribution in [2.75, 3.05) is 13.1 Å². The third-order valence-electron chi connectivity index (χ3n) is 6.60. The van der Waals surface area contributed by atoms with E-state index in [1.807, 2.05) is 12.1 Å². The number of hydrogen-bond donors (Lipinski definition) is 3. The molecule has 1 saturated carbocycles. The van der Waals surface area contributed by atoms with Gasteiger partial charge in [-0.3, -0.25) is 19.7 Å². The highest BCUT2D eigenvalue weighted by molar-refractivity contribution is 6.05. The molecular weight excluding hydrogens is 344 g/mol. The predicted octanol–water partition coefficient (Wildman–Crippen LogP) is 0.289. The fourth-order valence-corrected chi connectivity index (χ4v) is 4.86. The van der Waals surface area contributed by atoms with Gasteiger partial charge in [-0.1, -0.05) is 12.1 Å². The molecule has 1 aromatic rings. The van der Waals surface area contributed by atoms with Crippen LogP contribution in [0.4, 0.5) is 0 Å². The van der Waals surface area contributed by atoms with Gasteiger partial charge >= 0.3 is 0 Å². The molecule has 5 rings (SSSR count). The molecule has 142 valence electrons. The zero-order valence-corrected chi connectivity index (χ0v) is 15.2. The summed E-state index contributed by atoms with van der Waals surface area (Å²) < 4.78 is 0. The summed E-state index contributed by atoms with van der Waals surface area (Å²) in [6, 6.07) is 5.42.